The predicted molar refractivity (Wildman–Crippen MR) is 149 cm³/mol. The highest BCUT2D eigenvalue weighted by atomic mass is 32.1. The van der Waals surface area contributed by atoms with Gasteiger partial charge in [-0.05, 0) is 56.3 Å². The van der Waals surface area contributed by atoms with Crippen LogP contribution in [0.3, 0.4) is 0 Å². The second-order valence-electron chi connectivity index (χ2n) is 6.93. The Morgan fingerprint density at radius 3 is 2.03 bits per heavy atom. The van der Waals surface area contributed by atoms with Crippen molar-refractivity contribution in [2.24, 2.45) is 15.0 Å². The molecule has 3 aromatic heterocycles. The molecule has 8 heteroatoms. The van der Waals surface area contributed by atoms with E-state index in [-0.39, 0.29) is 0 Å². The summed E-state index contributed by atoms with van der Waals surface area (Å²) >= 11 is 4.88. The summed E-state index contributed by atoms with van der Waals surface area (Å²) in [4.78, 5) is 26.9. The van der Waals surface area contributed by atoms with Gasteiger partial charge in [0.2, 0.25) is 0 Å². The van der Waals surface area contributed by atoms with Crippen molar-refractivity contribution in [1.29, 1.82) is 0 Å². The van der Waals surface area contributed by atoms with Crippen LogP contribution in [-0.2, 0) is 0 Å². The Morgan fingerprint density at radius 1 is 0.857 bits per heavy atom. The summed E-state index contributed by atoms with van der Waals surface area (Å²) in [6, 6.07) is 16.8. The van der Waals surface area contributed by atoms with Crippen LogP contribution in [0.4, 0.5) is 11.6 Å². The molecule has 3 aromatic rings. The summed E-state index contributed by atoms with van der Waals surface area (Å²) in [5, 5.41) is 3.00. The molecule has 0 unspecified atom stereocenters. The molecule has 0 aliphatic rings. The molecule has 0 fully saturated rings. The molecule has 0 aromatic carbocycles. The van der Waals surface area contributed by atoms with Crippen LogP contribution >= 0.6 is 12.2 Å². The molecule has 3 rings (SSSR count). The van der Waals surface area contributed by atoms with Crippen LogP contribution in [0.15, 0.2) is 101 Å². The number of allylic oxidation sites excluding steroid dienone is 3. The third kappa shape index (κ3) is 7.55. The summed E-state index contributed by atoms with van der Waals surface area (Å²) < 4.78 is 0. The molecule has 0 saturated heterocycles. The van der Waals surface area contributed by atoms with E-state index in [0.717, 1.165) is 11.4 Å². The maximum atomic E-state index is 4.88. The first kappa shape index (κ1) is 25.2. The zero-order chi connectivity index (χ0) is 24.9. The lowest BCUT2D eigenvalue weighted by Gasteiger charge is -2.05. The average Bonchev–Trinajstić information content (AvgIpc) is 2.90. The van der Waals surface area contributed by atoms with E-state index in [4.69, 9.17) is 12.2 Å². The zero-order valence-electron chi connectivity index (χ0n) is 19.5. The average molecular weight is 480 g/mol. The number of thiocarbonyl (C=S) groups is 1. The maximum absolute atomic E-state index is 4.88. The third-order valence-corrected chi connectivity index (χ3v) is 4.63. The van der Waals surface area contributed by atoms with Crippen LogP contribution in [-0.4, -0.2) is 38.6 Å². The second-order valence-corrected chi connectivity index (χ2v) is 7.16. The molecule has 0 aliphatic carbocycles. The minimum absolute atomic E-state index is 0.551. The summed E-state index contributed by atoms with van der Waals surface area (Å²) in [5.41, 5.74) is 5.81. The van der Waals surface area contributed by atoms with Crippen molar-refractivity contribution in [2.45, 2.75) is 13.8 Å². The standard InChI is InChI=1S/C27H25N7S/c1-4-10-23(28-6-3)25-14-9-16-27(34-25)30-18-21-12-7-11-20(32-21)17-29-26-15-8-13-24(33-26)22(5-2)31-19-35/h4-19H,3H2,1-2H3,(H,31,35)/b10-4-,22-5-,28-23?,29-17+,30-18+. The Labute approximate surface area is 210 Å². The topological polar surface area (TPSA) is 87.8 Å². The Kier molecular flexibility index (Phi) is 9.59. The van der Waals surface area contributed by atoms with E-state index in [0.29, 0.717) is 34.4 Å². The molecule has 1 N–H and O–H groups in total. The molecule has 35 heavy (non-hydrogen) atoms. The maximum Gasteiger partial charge on any atom is 0.152 e. The van der Waals surface area contributed by atoms with E-state index in [1.807, 2.05) is 86.7 Å². The molecular weight excluding hydrogens is 454 g/mol. The number of hydrogen-bond donors (Lipinski definition) is 1. The molecule has 7 nitrogen and oxygen atoms in total. The van der Waals surface area contributed by atoms with Gasteiger partial charge >= 0.3 is 0 Å². The van der Waals surface area contributed by atoms with Crippen LogP contribution in [0.5, 0.6) is 0 Å². The lowest BCUT2D eigenvalue weighted by atomic mass is 10.2. The number of pyridine rings is 3. The van der Waals surface area contributed by atoms with Gasteiger partial charge in [-0.15, -0.1) is 0 Å². The molecule has 0 spiro atoms. The van der Waals surface area contributed by atoms with Crippen LogP contribution in [0.25, 0.3) is 5.70 Å². The van der Waals surface area contributed by atoms with Gasteiger partial charge in [-0.3, -0.25) is 4.99 Å². The Morgan fingerprint density at radius 2 is 1.46 bits per heavy atom. The predicted octanol–water partition coefficient (Wildman–Crippen LogP) is 5.79. The van der Waals surface area contributed by atoms with Gasteiger partial charge < -0.3 is 5.32 Å². The fraction of sp³-hybridized carbons (Fsp3) is 0.0741. The molecule has 3 heterocycles. The van der Waals surface area contributed by atoms with E-state index in [2.05, 4.69) is 41.8 Å². The van der Waals surface area contributed by atoms with Crippen LogP contribution in [0.1, 0.15) is 36.6 Å². The lowest BCUT2D eigenvalue weighted by molar-refractivity contribution is 1.19. The van der Waals surface area contributed by atoms with Crippen LogP contribution in [0, 0.1) is 0 Å². The highest BCUT2D eigenvalue weighted by molar-refractivity contribution is 7.78. The smallest absolute Gasteiger partial charge is 0.152 e. The van der Waals surface area contributed by atoms with Gasteiger partial charge in [0.1, 0.15) is 0 Å². The molecule has 0 bridgehead atoms. The first-order chi connectivity index (χ1) is 17.2. The lowest BCUT2D eigenvalue weighted by Crippen LogP contribution is -2.08. The molecule has 0 atom stereocenters. The quantitative estimate of drug-likeness (QED) is 0.294. The van der Waals surface area contributed by atoms with Gasteiger partial charge in [-0.25, -0.2) is 24.9 Å². The van der Waals surface area contributed by atoms with E-state index in [1.165, 1.54) is 11.7 Å². The fourth-order valence-electron chi connectivity index (χ4n) is 2.98. The van der Waals surface area contributed by atoms with Crippen molar-refractivity contribution in [3.05, 3.63) is 108 Å². The SMILES string of the molecule is C=CN=C(/C=C\C)c1cccc(/N=C/c2cccc(/C=N/c3cccc(/C(=C/C)NC=S)n3)n2)n1. The first-order valence-electron chi connectivity index (χ1n) is 10.8. The highest BCUT2D eigenvalue weighted by Crippen LogP contribution is 2.14. The van der Waals surface area contributed by atoms with E-state index < -0.39 is 0 Å². The molecule has 0 radical (unpaired) electrons. The van der Waals surface area contributed by atoms with Gasteiger partial charge in [0.25, 0.3) is 0 Å². The Bertz CT molecular complexity index is 1340. The van der Waals surface area contributed by atoms with Crippen LogP contribution < -0.4 is 5.32 Å². The van der Waals surface area contributed by atoms with Gasteiger partial charge in [0, 0.05) is 6.20 Å². The molecule has 0 saturated carbocycles. The van der Waals surface area contributed by atoms with Gasteiger partial charge in [0.05, 0.1) is 52.1 Å². The van der Waals surface area contributed by atoms with Crippen molar-refractivity contribution in [2.75, 3.05) is 0 Å². The fourth-order valence-corrected chi connectivity index (χ4v) is 3.11. The number of aliphatic imine (C=N–C) groups is 3. The summed E-state index contributed by atoms with van der Waals surface area (Å²) in [6.07, 6.45) is 10.5. The number of rotatable bonds is 10. The number of hydrogen-bond acceptors (Lipinski definition) is 7. The normalized spacial score (nSPS) is 12.5. The number of nitrogens with zero attached hydrogens (tertiary/aromatic N) is 6. The summed E-state index contributed by atoms with van der Waals surface area (Å²) in [6.45, 7) is 7.50. The zero-order valence-corrected chi connectivity index (χ0v) is 20.4. The first-order valence-corrected chi connectivity index (χ1v) is 11.3. The van der Waals surface area contributed by atoms with Crippen molar-refractivity contribution in [1.82, 2.24) is 20.3 Å². The highest BCUT2D eigenvalue weighted by Gasteiger charge is 2.03. The third-order valence-electron chi connectivity index (χ3n) is 4.52. The molecule has 0 aliphatic heterocycles. The van der Waals surface area contributed by atoms with Crippen LogP contribution in [0.2, 0.25) is 0 Å². The second kappa shape index (κ2) is 13.3. The molecule has 174 valence electrons. The van der Waals surface area contributed by atoms with Crippen molar-refractivity contribution in [3.63, 3.8) is 0 Å². The van der Waals surface area contributed by atoms with Gasteiger partial charge in [-0.1, -0.05) is 49.1 Å². The number of aromatic nitrogens is 3. The minimum Gasteiger partial charge on any atom is -0.351 e. The van der Waals surface area contributed by atoms with Crippen molar-refractivity contribution >= 4 is 53.2 Å². The Balaban J connectivity index is 1.78. The Hall–Kier alpha value is -4.43. The monoisotopic (exact) mass is 479 g/mol. The van der Waals surface area contributed by atoms with E-state index in [1.54, 1.807) is 12.4 Å². The van der Waals surface area contributed by atoms with Gasteiger partial charge in [-0.2, -0.15) is 0 Å². The summed E-state index contributed by atoms with van der Waals surface area (Å²) in [7, 11) is 0. The van der Waals surface area contributed by atoms with E-state index in [9.17, 15) is 0 Å². The van der Waals surface area contributed by atoms with Crippen molar-refractivity contribution < 1.29 is 0 Å². The van der Waals surface area contributed by atoms with Crippen molar-refractivity contribution in [3.8, 4) is 0 Å². The molecule has 0 amide bonds. The van der Waals surface area contributed by atoms with E-state index >= 15 is 0 Å². The minimum atomic E-state index is 0.551. The summed E-state index contributed by atoms with van der Waals surface area (Å²) in [5.74, 6) is 1.11. The molecular formula is C27H25N7S. The van der Waals surface area contributed by atoms with Gasteiger partial charge in [0.15, 0.2) is 11.6 Å². The number of nitrogens with one attached hydrogen (secondary N) is 1. The largest absolute Gasteiger partial charge is 0.351 e.